The van der Waals surface area contributed by atoms with Gasteiger partial charge in [0.15, 0.2) is 0 Å². The topological polar surface area (TPSA) is 81.8 Å². The average molecular weight is 611 g/mol. The van der Waals surface area contributed by atoms with Crippen LogP contribution in [0, 0.1) is 0 Å². The summed E-state index contributed by atoms with van der Waals surface area (Å²) in [4.78, 5) is 19.5. The van der Waals surface area contributed by atoms with Crippen molar-refractivity contribution in [1.82, 2.24) is 15.2 Å². The molecule has 1 saturated heterocycles. The number of halogens is 6. The molecule has 1 atom stereocenters. The fourth-order valence-corrected chi connectivity index (χ4v) is 4.98. The number of carbonyl (C=O) groups is 1. The number of nitrogens with zero attached hydrogens (tertiary/aromatic N) is 3. The van der Waals surface area contributed by atoms with Gasteiger partial charge < -0.3 is 25.6 Å². The molecular weight excluding hydrogens is 578 g/mol. The molecule has 2 aromatic carbocycles. The maximum absolute atomic E-state index is 13.8. The number of ether oxygens (including phenoxy) is 1. The molecule has 1 fully saturated rings. The van der Waals surface area contributed by atoms with Gasteiger partial charge in [0.25, 0.3) is 5.91 Å². The highest BCUT2D eigenvalue weighted by atomic mass is 19.4. The van der Waals surface area contributed by atoms with Crippen LogP contribution in [0.3, 0.4) is 0 Å². The summed E-state index contributed by atoms with van der Waals surface area (Å²) in [5.74, 6) is 0.139. The predicted octanol–water partition coefficient (Wildman–Crippen LogP) is 6.42. The minimum absolute atomic E-state index is 0.104. The van der Waals surface area contributed by atoms with Gasteiger partial charge in [0.2, 0.25) is 0 Å². The van der Waals surface area contributed by atoms with Crippen molar-refractivity contribution < 1.29 is 35.9 Å². The molecule has 3 N–H and O–H groups in total. The second kappa shape index (κ2) is 13.0. The number of alkyl halides is 6. The van der Waals surface area contributed by atoms with E-state index >= 15 is 0 Å². The van der Waals surface area contributed by atoms with Gasteiger partial charge in [-0.25, -0.2) is 4.98 Å². The molecule has 5 rings (SSSR count). The number of amides is 1. The number of fused-ring (bicyclic) bond motifs is 3. The van der Waals surface area contributed by atoms with E-state index < -0.39 is 30.4 Å². The molecule has 0 spiro atoms. The van der Waals surface area contributed by atoms with Crippen LogP contribution in [0.25, 0.3) is 0 Å². The lowest BCUT2D eigenvalue weighted by atomic mass is 10.1. The minimum atomic E-state index is -4.71. The van der Waals surface area contributed by atoms with E-state index in [1.807, 2.05) is 18.7 Å². The highest BCUT2D eigenvalue weighted by Gasteiger charge is 2.38. The normalized spacial score (nSPS) is 16.6. The largest absolute Gasteiger partial charge is 0.489 e. The smallest absolute Gasteiger partial charge is 0.419 e. The summed E-state index contributed by atoms with van der Waals surface area (Å²) in [5.41, 5.74) is 0.244. The zero-order valence-electron chi connectivity index (χ0n) is 23.7. The van der Waals surface area contributed by atoms with Crippen molar-refractivity contribution in [3.05, 3.63) is 65.9 Å². The van der Waals surface area contributed by atoms with E-state index in [1.54, 1.807) is 30.3 Å². The molecule has 1 amide bonds. The molecule has 3 heterocycles. The number of nitrogens with one attached hydrogen (secondary N) is 3. The molecule has 0 bridgehead atoms. The number of anilines is 5. The van der Waals surface area contributed by atoms with Crippen molar-refractivity contribution in [2.24, 2.45) is 0 Å². The highest BCUT2D eigenvalue weighted by Crippen LogP contribution is 2.40. The maximum Gasteiger partial charge on any atom is 0.419 e. The molecule has 0 radical (unpaired) electrons. The van der Waals surface area contributed by atoms with E-state index in [9.17, 15) is 31.1 Å². The molecule has 0 aliphatic carbocycles. The first kappa shape index (κ1) is 31.7. The number of para-hydroxylation sites is 1. The van der Waals surface area contributed by atoms with Crippen molar-refractivity contribution in [2.45, 2.75) is 32.2 Å². The first-order valence-corrected chi connectivity index (χ1v) is 13.7. The SMILES string of the molecule is CC.CNC(=O)c1ccccc1Nc1cc(Nc2ccc3c(c2)OCC2CN(CC(F)(F)F)CCN32)ncc1C(F)(F)F. The lowest BCUT2D eigenvalue weighted by molar-refractivity contribution is -0.147. The minimum Gasteiger partial charge on any atom is -0.489 e. The third-order valence-corrected chi connectivity index (χ3v) is 6.82. The Kier molecular flexibility index (Phi) is 9.58. The van der Waals surface area contributed by atoms with Crippen LogP contribution in [0.4, 0.5) is 54.9 Å². The highest BCUT2D eigenvalue weighted by molar-refractivity contribution is 6.00. The van der Waals surface area contributed by atoms with Gasteiger partial charge in [-0.05, 0) is 24.3 Å². The van der Waals surface area contributed by atoms with Gasteiger partial charge in [0, 0.05) is 50.7 Å². The van der Waals surface area contributed by atoms with Crippen LogP contribution in [0.5, 0.6) is 5.75 Å². The molecule has 1 aromatic heterocycles. The van der Waals surface area contributed by atoms with E-state index in [0.29, 0.717) is 24.2 Å². The van der Waals surface area contributed by atoms with E-state index in [4.69, 9.17) is 4.74 Å². The van der Waals surface area contributed by atoms with Gasteiger partial charge in [0.05, 0.1) is 40.8 Å². The lowest BCUT2D eigenvalue weighted by Gasteiger charge is -2.45. The van der Waals surface area contributed by atoms with Crippen LogP contribution in [0.1, 0.15) is 29.8 Å². The monoisotopic (exact) mass is 610 g/mol. The van der Waals surface area contributed by atoms with E-state index in [-0.39, 0.29) is 48.5 Å². The van der Waals surface area contributed by atoms with E-state index in [0.717, 1.165) is 5.69 Å². The van der Waals surface area contributed by atoms with Gasteiger partial charge in [-0.3, -0.25) is 9.69 Å². The second-order valence-corrected chi connectivity index (χ2v) is 9.68. The fraction of sp³-hybridized carbons (Fsp3) is 0.379. The van der Waals surface area contributed by atoms with Gasteiger partial charge in [-0.1, -0.05) is 26.0 Å². The number of carbonyl (C=O) groups excluding carboxylic acids is 1. The predicted molar refractivity (Wildman–Crippen MR) is 153 cm³/mol. The maximum atomic E-state index is 13.8. The lowest BCUT2D eigenvalue weighted by Crippen LogP contribution is -2.58. The second-order valence-electron chi connectivity index (χ2n) is 9.68. The number of pyridine rings is 1. The van der Waals surface area contributed by atoms with Gasteiger partial charge in [0.1, 0.15) is 18.2 Å². The molecule has 0 saturated carbocycles. The quantitative estimate of drug-likeness (QED) is 0.278. The Morgan fingerprint density at radius 3 is 2.44 bits per heavy atom. The average Bonchev–Trinajstić information content (AvgIpc) is 2.96. The summed E-state index contributed by atoms with van der Waals surface area (Å²) in [5, 5.41) is 8.16. The summed E-state index contributed by atoms with van der Waals surface area (Å²) in [7, 11) is 1.42. The zero-order valence-corrected chi connectivity index (χ0v) is 23.7. The number of rotatable bonds is 6. The van der Waals surface area contributed by atoms with Gasteiger partial charge in [-0.15, -0.1) is 0 Å². The summed E-state index contributed by atoms with van der Waals surface area (Å²) in [6.45, 7) is 4.09. The molecule has 8 nitrogen and oxygen atoms in total. The Hall–Kier alpha value is -4.20. The van der Waals surface area contributed by atoms with Crippen LogP contribution >= 0.6 is 0 Å². The van der Waals surface area contributed by atoms with Gasteiger partial charge >= 0.3 is 12.4 Å². The first-order chi connectivity index (χ1) is 20.4. The molecule has 1 unspecified atom stereocenters. The number of hydrogen-bond acceptors (Lipinski definition) is 7. The molecule has 2 aliphatic heterocycles. The Balaban J connectivity index is 0.00000207. The zero-order chi connectivity index (χ0) is 31.4. The number of aromatic nitrogens is 1. The van der Waals surface area contributed by atoms with Crippen molar-refractivity contribution in [2.75, 3.05) is 55.4 Å². The van der Waals surface area contributed by atoms with Crippen LogP contribution < -0.4 is 25.6 Å². The third kappa shape index (κ3) is 7.61. The van der Waals surface area contributed by atoms with Crippen molar-refractivity contribution >= 4 is 34.5 Å². The molecule has 14 heteroatoms. The number of piperazine rings is 1. The molecule has 232 valence electrons. The van der Waals surface area contributed by atoms with Crippen LogP contribution in [-0.2, 0) is 6.18 Å². The first-order valence-electron chi connectivity index (χ1n) is 13.7. The Bertz CT molecular complexity index is 1430. The van der Waals surface area contributed by atoms with Gasteiger partial charge in [-0.2, -0.15) is 26.3 Å². The molecule has 43 heavy (non-hydrogen) atoms. The molecule has 3 aromatic rings. The van der Waals surface area contributed by atoms with Crippen molar-refractivity contribution in [3.63, 3.8) is 0 Å². The van der Waals surface area contributed by atoms with Crippen molar-refractivity contribution in [3.8, 4) is 5.75 Å². The van der Waals surface area contributed by atoms with Crippen LogP contribution in [-0.4, -0.2) is 67.8 Å². The standard InChI is InChI=1S/C27H26F6N6O2.C2H6/c1-34-25(40)18-4-2-3-5-20(18)37-21-11-24(35-12-19(21)27(31,32)33)36-16-6-7-22-23(10-16)41-14-17-13-38(8-9-39(17)22)15-26(28,29)30;1-2/h2-7,10-12,17H,8-9,13-15H2,1H3,(H,34,40)(H2,35,36,37);1-2H3. The van der Waals surface area contributed by atoms with Crippen molar-refractivity contribution in [1.29, 1.82) is 0 Å². The molecular formula is C29H32F6N6O2. The summed E-state index contributed by atoms with van der Waals surface area (Å²) >= 11 is 0. The fourth-order valence-electron chi connectivity index (χ4n) is 4.98. The Morgan fingerprint density at radius 2 is 1.74 bits per heavy atom. The summed E-state index contributed by atoms with van der Waals surface area (Å²) in [6.07, 6.45) is -8.28. The van der Waals surface area contributed by atoms with E-state index in [1.165, 1.54) is 30.1 Å². The van der Waals surface area contributed by atoms with Crippen LogP contribution in [0.15, 0.2) is 54.7 Å². The molecule has 2 aliphatic rings. The third-order valence-electron chi connectivity index (χ3n) is 6.82. The van der Waals surface area contributed by atoms with Crippen LogP contribution in [0.2, 0.25) is 0 Å². The Morgan fingerprint density at radius 1 is 1.00 bits per heavy atom. The summed E-state index contributed by atoms with van der Waals surface area (Å²) in [6, 6.07) is 12.3. The number of benzene rings is 2. The summed E-state index contributed by atoms with van der Waals surface area (Å²) < 4.78 is 85.8. The Labute approximate surface area is 245 Å². The van der Waals surface area contributed by atoms with E-state index in [2.05, 4.69) is 20.9 Å². The number of hydrogen-bond donors (Lipinski definition) is 3.